The molecule has 6 heteroatoms. The maximum absolute atomic E-state index is 5.30. The highest BCUT2D eigenvalue weighted by Crippen LogP contribution is 2.11. The third kappa shape index (κ3) is 1.83. The summed E-state index contributed by atoms with van der Waals surface area (Å²) >= 11 is 0. The summed E-state index contributed by atoms with van der Waals surface area (Å²) in [5.41, 5.74) is 0.810. The minimum atomic E-state index is 0.416. The first-order valence-corrected chi connectivity index (χ1v) is 5.42. The molecule has 0 saturated carbocycles. The van der Waals surface area contributed by atoms with Crippen LogP contribution in [0, 0.1) is 0 Å². The molecule has 0 aromatic carbocycles. The molecular weight excluding hydrogens is 206 g/mol. The Kier molecular flexibility index (Phi) is 2.41. The zero-order valence-corrected chi connectivity index (χ0v) is 8.83. The molecule has 2 aromatic heterocycles. The maximum Gasteiger partial charge on any atom is 0.226 e. The monoisotopic (exact) mass is 219 g/mol. The van der Waals surface area contributed by atoms with Crippen molar-refractivity contribution in [2.75, 3.05) is 18.5 Å². The summed E-state index contributed by atoms with van der Waals surface area (Å²) in [7, 11) is 0. The summed E-state index contributed by atoms with van der Waals surface area (Å²) < 4.78 is 6.95. The van der Waals surface area contributed by atoms with Crippen LogP contribution in [0.4, 0.5) is 5.95 Å². The highest BCUT2D eigenvalue weighted by molar-refractivity contribution is 5.41. The molecule has 84 valence electrons. The fourth-order valence-corrected chi connectivity index (χ4v) is 1.83. The number of fused-ring (bicyclic) bond motifs is 1. The molecule has 1 saturated heterocycles. The van der Waals surface area contributed by atoms with Crippen LogP contribution >= 0.6 is 0 Å². The second kappa shape index (κ2) is 4.05. The van der Waals surface area contributed by atoms with Crippen molar-refractivity contribution in [1.29, 1.82) is 0 Å². The molecule has 0 spiro atoms. The Bertz CT molecular complexity index is 477. The minimum Gasteiger partial charge on any atom is -0.381 e. The lowest BCUT2D eigenvalue weighted by Gasteiger charge is -2.22. The van der Waals surface area contributed by atoms with Gasteiger partial charge in [0.25, 0.3) is 0 Å². The van der Waals surface area contributed by atoms with Crippen LogP contribution in [0.1, 0.15) is 12.8 Å². The Hall–Kier alpha value is -1.69. The van der Waals surface area contributed by atoms with Gasteiger partial charge < -0.3 is 10.1 Å². The number of ether oxygens (including phenoxy) is 1. The van der Waals surface area contributed by atoms with E-state index in [4.69, 9.17) is 4.74 Å². The standard InChI is InChI=1S/C10H13N5O/c1-4-12-15-7-11-10(14-9(1)15)13-8-2-5-16-6-3-8/h1,4,7-8H,2-3,5-6H2,(H,13,14). The summed E-state index contributed by atoms with van der Waals surface area (Å²) in [5.74, 6) is 0.667. The average Bonchev–Trinajstić information content (AvgIpc) is 2.77. The number of hydrogen-bond acceptors (Lipinski definition) is 5. The van der Waals surface area contributed by atoms with Crippen molar-refractivity contribution in [3.8, 4) is 0 Å². The summed E-state index contributed by atoms with van der Waals surface area (Å²) in [5, 5.41) is 7.37. The van der Waals surface area contributed by atoms with Crippen LogP contribution in [-0.2, 0) is 4.74 Å². The molecule has 0 aliphatic carbocycles. The smallest absolute Gasteiger partial charge is 0.226 e. The van der Waals surface area contributed by atoms with Gasteiger partial charge in [0, 0.05) is 25.3 Å². The Balaban J connectivity index is 1.77. The lowest BCUT2D eigenvalue weighted by Crippen LogP contribution is -2.28. The van der Waals surface area contributed by atoms with E-state index in [0.29, 0.717) is 12.0 Å². The van der Waals surface area contributed by atoms with E-state index in [0.717, 1.165) is 31.7 Å². The zero-order valence-electron chi connectivity index (χ0n) is 8.83. The fraction of sp³-hybridized carbons (Fsp3) is 0.500. The third-order valence-corrected chi connectivity index (χ3v) is 2.71. The van der Waals surface area contributed by atoms with Crippen molar-refractivity contribution in [2.45, 2.75) is 18.9 Å². The fourth-order valence-electron chi connectivity index (χ4n) is 1.83. The van der Waals surface area contributed by atoms with Gasteiger partial charge >= 0.3 is 0 Å². The number of nitrogens with one attached hydrogen (secondary N) is 1. The lowest BCUT2D eigenvalue weighted by molar-refractivity contribution is 0.0903. The van der Waals surface area contributed by atoms with Crippen molar-refractivity contribution in [3.63, 3.8) is 0 Å². The third-order valence-electron chi connectivity index (χ3n) is 2.71. The SMILES string of the molecule is c1cc2nc(NC3CCOCC3)ncn2n1. The van der Waals surface area contributed by atoms with Crippen molar-refractivity contribution in [2.24, 2.45) is 0 Å². The normalized spacial score (nSPS) is 17.8. The minimum absolute atomic E-state index is 0.416. The molecule has 0 amide bonds. The molecule has 1 fully saturated rings. The van der Waals surface area contributed by atoms with Crippen molar-refractivity contribution >= 4 is 11.6 Å². The first-order chi connectivity index (χ1) is 7.92. The van der Waals surface area contributed by atoms with Crippen LogP contribution in [0.2, 0.25) is 0 Å². The van der Waals surface area contributed by atoms with E-state index < -0.39 is 0 Å². The van der Waals surface area contributed by atoms with Crippen molar-refractivity contribution < 1.29 is 4.74 Å². The number of rotatable bonds is 2. The highest BCUT2D eigenvalue weighted by Gasteiger charge is 2.14. The van der Waals surface area contributed by atoms with Gasteiger partial charge in [0.05, 0.1) is 6.20 Å². The molecule has 2 aromatic rings. The molecule has 3 heterocycles. The maximum atomic E-state index is 5.30. The number of anilines is 1. The van der Waals surface area contributed by atoms with Crippen LogP contribution < -0.4 is 5.32 Å². The van der Waals surface area contributed by atoms with E-state index in [1.807, 2.05) is 6.07 Å². The molecule has 1 aliphatic rings. The van der Waals surface area contributed by atoms with E-state index >= 15 is 0 Å². The number of aromatic nitrogens is 4. The van der Waals surface area contributed by atoms with E-state index in [1.165, 1.54) is 0 Å². The number of hydrogen-bond donors (Lipinski definition) is 1. The van der Waals surface area contributed by atoms with Crippen molar-refractivity contribution in [1.82, 2.24) is 19.6 Å². The zero-order chi connectivity index (χ0) is 10.8. The molecule has 1 aliphatic heterocycles. The predicted octanol–water partition coefficient (Wildman–Crippen LogP) is 0.715. The quantitative estimate of drug-likeness (QED) is 0.806. The number of nitrogens with zero attached hydrogens (tertiary/aromatic N) is 4. The average molecular weight is 219 g/mol. The molecule has 16 heavy (non-hydrogen) atoms. The van der Waals surface area contributed by atoms with Crippen LogP contribution in [-0.4, -0.2) is 38.8 Å². The van der Waals surface area contributed by atoms with Gasteiger partial charge in [-0.25, -0.2) is 9.50 Å². The van der Waals surface area contributed by atoms with E-state index in [9.17, 15) is 0 Å². The van der Waals surface area contributed by atoms with Gasteiger partial charge in [0.15, 0.2) is 5.65 Å². The first kappa shape index (κ1) is 9.53. The molecule has 0 radical (unpaired) electrons. The van der Waals surface area contributed by atoms with Crippen LogP contribution in [0.25, 0.3) is 5.65 Å². The van der Waals surface area contributed by atoms with Gasteiger partial charge in [-0.3, -0.25) is 0 Å². The van der Waals surface area contributed by atoms with Gasteiger partial charge in [-0.05, 0) is 12.8 Å². The van der Waals surface area contributed by atoms with Gasteiger partial charge in [-0.1, -0.05) is 0 Å². The van der Waals surface area contributed by atoms with Gasteiger partial charge in [0.2, 0.25) is 5.95 Å². The van der Waals surface area contributed by atoms with Gasteiger partial charge in [-0.2, -0.15) is 10.1 Å². The Morgan fingerprint density at radius 1 is 1.38 bits per heavy atom. The predicted molar refractivity (Wildman–Crippen MR) is 58.2 cm³/mol. The van der Waals surface area contributed by atoms with E-state index in [1.54, 1.807) is 17.0 Å². The molecule has 1 N–H and O–H groups in total. The summed E-state index contributed by atoms with van der Waals surface area (Å²) in [4.78, 5) is 8.58. The molecule has 3 rings (SSSR count). The Morgan fingerprint density at radius 2 is 2.25 bits per heavy atom. The van der Waals surface area contributed by atoms with E-state index in [2.05, 4.69) is 20.4 Å². The van der Waals surface area contributed by atoms with Crippen LogP contribution in [0.15, 0.2) is 18.6 Å². The molecule has 0 atom stereocenters. The first-order valence-electron chi connectivity index (χ1n) is 5.42. The van der Waals surface area contributed by atoms with E-state index in [-0.39, 0.29) is 0 Å². The molecule has 6 nitrogen and oxygen atoms in total. The Labute approximate surface area is 92.7 Å². The van der Waals surface area contributed by atoms with Crippen LogP contribution in [0.5, 0.6) is 0 Å². The summed E-state index contributed by atoms with van der Waals surface area (Å²) in [6.45, 7) is 1.62. The summed E-state index contributed by atoms with van der Waals surface area (Å²) in [6, 6.07) is 2.27. The van der Waals surface area contributed by atoms with Crippen molar-refractivity contribution in [3.05, 3.63) is 18.6 Å². The molecule has 0 bridgehead atoms. The Morgan fingerprint density at radius 3 is 3.12 bits per heavy atom. The van der Waals surface area contributed by atoms with Gasteiger partial charge in [-0.15, -0.1) is 0 Å². The van der Waals surface area contributed by atoms with Crippen LogP contribution in [0.3, 0.4) is 0 Å². The molecular formula is C10H13N5O. The lowest BCUT2D eigenvalue weighted by atomic mass is 10.1. The summed E-state index contributed by atoms with van der Waals surface area (Å²) in [6.07, 6.45) is 5.40. The largest absolute Gasteiger partial charge is 0.381 e. The second-order valence-corrected chi connectivity index (χ2v) is 3.84. The molecule has 0 unspecified atom stereocenters. The second-order valence-electron chi connectivity index (χ2n) is 3.84. The van der Waals surface area contributed by atoms with Gasteiger partial charge in [0.1, 0.15) is 6.33 Å². The highest BCUT2D eigenvalue weighted by atomic mass is 16.5. The topological polar surface area (TPSA) is 64.3 Å².